The molecule has 0 spiro atoms. The molecule has 0 aliphatic heterocycles. The van der Waals surface area contributed by atoms with E-state index in [-0.39, 0.29) is 24.4 Å². The van der Waals surface area contributed by atoms with Crippen molar-refractivity contribution in [2.45, 2.75) is 6.43 Å². The van der Waals surface area contributed by atoms with Gasteiger partial charge in [-0.1, -0.05) is 0 Å². The van der Waals surface area contributed by atoms with Crippen LogP contribution in [0.1, 0.15) is 10.4 Å². The minimum atomic E-state index is -2.62. The van der Waals surface area contributed by atoms with E-state index in [2.05, 4.69) is 0 Å². The predicted octanol–water partition coefficient (Wildman–Crippen LogP) is 1.37. The SMILES string of the molecule is COc1ccc(C(=O)N(CCN)CC(F)F)c(OC)c1. The fourth-order valence-electron chi connectivity index (χ4n) is 1.74. The fraction of sp³-hybridized carbons (Fsp3) is 0.462. The molecule has 0 aliphatic carbocycles. The number of carbonyl (C=O) groups excluding carboxylic acids is 1. The first-order chi connectivity index (χ1) is 9.53. The van der Waals surface area contributed by atoms with E-state index in [0.717, 1.165) is 4.90 Å². The van der Waals surface area contributed by atoms with Crippen molar-refractivity contribution in [3.05, 3.63) is 23.8 Å². The number of amides is 1. The van der Waals surface area contributed by atoms with Crippen LogP contribution in [0.3, 0.4) is 0 Å². The Morgan fingerprint density at radius 3 is 2.55 bits per heavy atom. The summed E-state index contributed by atoms with van der Waals surface area (Å²) in [5, 5.41) is 0. The lowest BCUT2D eigenvalue weighted by Crippen LogP contribution is -2.38. The molecule has 0 atom stereocenters. The zero-order valence-corrected chi connectivity index (χ0v) is 11.4. The Hall–Kier alpha value is -1.89. The lowest BCUT2D eigenvalue weighted by atomic mass is 10.1. The highest BCUT2D eigenvalue weighted by Gasteiger charge is 2.22. The summed E-state index contributed by atoms with van der Waals surface area (Å²) in [6.45, 7) is -0.500. The highest BCUT2D eigenvalue weighted by molar-refractivity contribution is 5.97. The van der Waals surface area contributed by atoms with Gasteiger partial charge in [-0.15, -0.1) is 0 Å². The highest BCUT2D eigenvalue weighted by atomic mass is 19.3. The van der Waals surface area contributed by atoms with Gasteiger partial charge < -0.3 is 20.1 Å². The second kappa shape index (κ2) is 7.64. The lowest BCUT2D eigenvalue weighted by molar-refractivity contribution is 0.0560. The van der Waals surface area contributed by atoms with Gasteiger partial charge in [-0.05, 0) is 12.1 Å². The third-order valence-corrected chi connectivity index (χ3v) is 2.68. The van der Waals surface area contributed by atoms with Gasteiger partial charge in [-0.2, -0.15) is 0 Å². The van der Waals surface area contributed by atoms with E-state index < -0.39 is 18.9 Å². The molecule has 1 aromatic rings. The zero-order chi connectivity index (χ0) is 15.1. The van der Waals surface area contributed by atoms with Crippen LogP contribution in [0, 0.1) is 0 Å². The van der Waals surface area contributed by atoms with Crippen molar-refractivity contribution in [1.82, 2.24) is 4.90 Å². The zero-order valence-electron chi connectivity index (χ0n) is 11.4. The lowest BCUT2D eigenvalue weighted by Gasteiger charge is -2.22. The topological polar surface area (TPSA) is 64.8 Å². The average molecular weight is 288 g/mol. The van der Waals surface area contributed by atoms with E-state index in [0.29, 0.717) is 5.75 Å². The van der Waals surface area contributed by atoms with Crippen molar-refractivity contribution >= 4 is 5.91 Å². The largest absolute Gasteiger partial charge is 0.497 e. The molecule has 20 heavy (non-hydrogen) atoms. The summed E-state index contributed by atoms with van der Waals surface area (Å²) in [6, 6.07) is 4.57. The van der Waals surface area contributed by atoms with Crippen molar-refractivity contribution in [2.24, 2.45) is 5.73 Å². The average Bonchev–Trinajstić information content (AvgIpc) is 2.44. The molecule has 7 heteroatoms. The van der Waals surface area contributed by atoms with Crippen molar-refractivity contribution < 1.29 is 23.0 Å². The molecule has 112 valence electrons. The smallest absolute Gasteiger partial charge is 0.257 e. The van der Waals surface area contributed by atoms with Gasteiger partial charge in [0.2, 0.25) is 0 Å². The standard InChI is InChI=1S/C13H18F2N2O3/c1-19-9-3-4-10(11(7-9)20-2)13(18)17(6-5-16)8-12(14)15/h3-4,7,12H,5-6,8,16H2,1-2H3. The number of methoxy groups -OCH3 is 2. The number of halogens is 2. The second-order valence-electron chi connectivity index (χ2n) is 4.00. The Balaban J connectivity index is 3.04. The number of alkyl halides is 2. The van der Waals surface area contributed by atoms with Crippen LogP contribution >= 0.6 is 0 Å². The quantitative estimate of drug-likeness (QED) is 0.823. The van der Waals surface area contributed by atoms with Gasteiger partial charge in [-0.3, -0.25) is 4.79 Å². The Morgan fingerprint density at radius 2 is 2.05 bits per heavy atom. The van der Waals surface area contributed by atoms with Gasteiger partial charge in [0.15, 0.2) is 0 Å². The van der Waals surface area contributed by atoms with E-state index in [9.17, 15) is 13.6 Å². The molecule has 0 aromatic heterocycles. The monoisotopic (exact) mass is 288 g/mol. The van der Waals surface area contributed by atoms with Crippen LogP contribution in [0.25, 0.3) is 0 Å². The van der Waals surface area contributed by atoms with Gasteiger partial charge in [0.05, 0.1) is 26.3 Å². The van der Waals surface area contributed by atoms with Gasteiger partial charge in [-0.25, -0.2) is 8.78 Å². The number of nitrogens with zero attached hydrogens (tertiary/aromatic N) is 1. The highest BCUT2D eigenvalue weighted by Crippen LogP contribution is 2.25. The maximum atomic E-state index is 12.5. The summed E-state index contributed by atoms with van der Waals surface area (Å²) in [5.41, 5.74) is 5.54. The van der Waals surface area contributed by atoms with E-state index in [1.165, 1.54) is 26.4 Å². The third kappa shape index (κ3) is 4.06. The summed E-state index contributed by atoms with van der Waals surface area (Å²) in [7, 11) is 2.87. The van der Waals surface area contributed by atoms with Crippen molar-refractivity contribution in [1.29, 1.82) is 0 Å². The van der Waals surface area contributed by atoms with Crippen LogP contribution in [0.5, 0.6) is 11.5 Å². The van der Waals surface area contributed by atoms with E-state index in [4.69, 9.17) is 15.2 Å². The predicted molar refractivity (Wildman–Crippen MR) is 70.5 cm³/mol. The van der Waals surface area contributed by atoms with Gasteiger partial charge in [0.1, 0.15) is 11.5 Å². The molecule has 5 nitrogen and oxygen atoms in total. The molecule has 0 bridgehead atoms. The number of carbonyl (C=O) groups is 1. The summed E-state index contributed by atoms with van der Waals surface area (Å²) in [5.74, 6) is 0.235. The molecule has 1 aromatic carbocycles. The third-order valence-electron chi connectivity index (χ3n) is 2.68. The minimum absolute atomic E-state index is 0.0539. The summed E-state index contributed by atoms with van der Waals surface area (Å²) in [6.07, 6.45) is -2.62. The van der Waals surface area contributed by atoms with Crippen molar-refractivity contribution in [3.63, 3.8) is 0 Å². The Kier molecular flexibility index (Phi) is 6.17. The number of hydrogen-bond acceptors (Lipinski definition) is 4. The molecule has 1 amide bonds. The summed E-state index contributed by atoms with van der Waals surface area (Å²) < 4.78 is 35.1. The van der Waals surface area contributed by atoms with Gasteiger partial charge in [0, 0.05) is 19.2 Å². The number of ether oxygens (including phenoxy) is 2. The first-order valence-corrected chi connectivity index (χ1v) is 6.03. The Bertz CT molecular complexity index is 455. The molecule has 0 aliphatic rings. The maximum Gasteiger partial charge on any atom is 0.257 e. The fourth-order valence-corrected chi connectivity index (χ4v) is 1.74. The first kappa shape index (κ1) is 16.2. The number of nitrogens with two attached hydrogens (primary N) is 1. The van der Waals surface area contributed by atoms with Crippen LogP contribution in [-0.2, 0) is 0 Å². The van der Waals surface area contributed by atoms with E-state index in [1.54, 1.807) is 6.07 Å². The maximum absolute atomic E-state index is 12.5. The molecule has 0 saturated heterocycles. The van der Waals surface area contributed by atoms with E-state index in [1.807, 2.05) is 0 Å². The summed E-state index contributed by atoms with van der Waals surface area (Å²) in [4.78, 5) is 13.3. The number of hydrogen-bond donors (Lipinski definition) is 1. The van der Waals surface area contributed by atoms with E-state index >= 15 is 0 Å². The van der Waals surface area contributed by atoms with Gasteiger partial charge in [0.25, 0.3) is 12.3 Å². The number of rotatable bonds is 7. The van der Waals surface area contributed by atoms with Crippen LogP contribution in [-0.4, -0.2) is 51.1 Å². The Labute approximate surface area is 116 Å². The van der Waals surface area contributed by atoms with Crippen LogP contribution in [0.15, 0.2) is 18.2 Å². The normalized spacial score (nSPS) is 10.5. The van der Waals surface area contributed by atoms with Crippen LogP contribution < -0.4 is 15.2 Å². The molecule has 0 unspecified atom stereocenters. The molecule has 2 N–H and O–H groups in total. The van der Waals surface area contributed by atoms with Crippen LogP contribution in [0.4, 0.5) is 8.78 Å². The van der Waals surface area contributed by atoms with Crippen molar-refractivity contribution in [3.8, 4) is 11.5 Å². The molecule has 1 rings (SSSR count). The molecular formula is C13H18F2N2O3. The second-order valence-corrected chi connectivity index (χ2v) is 4.00. The molecule has 0 heterocycles. The van der Waals surface area contributed by atoms with Gasteiger partial charge >= 0.3 is 0 Å². The molecule has 0 saturated carbocycles. The van der Waals surface area contributed by atoms with Crippen molar-refractivity contribution in [2.75, 3.05) is 33.9 Å². The Morgan fingerprint density at radius 1 is 1.35 bits per heavy atom. The molecule has 0 fully saturated rings. The minimum Gasteiger partial charge on any atom is -0.497 e. The van der Waals surface area contributed by atoms with Crippen LogP contribution in [0.2, 0.25) is 0 Å². The number of benzene rings is 1. The molecular weight excluding hydrogens is 270 g/mol. The summed E-state index contributed by atoms with van der Waals surface area (Å²) >= 11 is 0. The first-order valence-electron chi connectivity index (χ1n) is 6.03. The molecule has 0 radical (unpaired) electrons.